The van der Waals surface area contributed by atoms with Crippen molar-refractivity contribution in [1.29, 1.82) is 5.26 Å². The average Bonchev–Trinajstić information content (AvgIpc) is 3.70. The van der Waals surface area contributed by atoms with E-state index in [1.54, 1.807) is 13.0 Å². The Labute approximate surface area is 239 Å². The van der Waals surface area contributed by atoms with Crippen molar-refractivity contribution in [3.8, 4) is 18.4 Å². The molecule has 42 heavy (non-hydrogen) atoms. The fraction of sp³-hybridized carbons (Fsp3) is 0.345. The van der Waals surface area contributed by atoms with E-state index in [2.05, 4.69) is 43.6 Å². The number of alkyl halides is 3. The molecule has 13 heteroatoms. The number of nitrogens with zero attached hydrogens (tertiary/aromatic N) is 4. The quantitative estimate of drug-likeness (QED) is 0.116. The minimum Gasteiger partial charge on any atom is -0.383 e. The highest BCUT2D eigenvalue weighted by molar-refractivity contribution is 5.99. The Morgan fingerprint density at radius 1 is 1.19 bits per heavy atom. The van der Waals surface area contributed by atoms with Crippen molar-refractivity contribution in [3.05, 3.63) is 70.4 Å². The van der Waals surface area contributed by atoms with Crippen LogP contribution in [0.1, 0.15) is 55.1 Å². The summed E-state index contributed by atoms with van der Waals surface area (Å²) in [6.45, 7) is 3.21. The van der Waals surface area contributed by atoms with Crippen LogP contribution in [0.25, 0.3) is 10.9 Å². The second-order valence-electron chi connectivity index (χ2n) is 10.9. The molecule has 0 spiro atoms. The van der Waals surface area contributed by atoms with Crippen LogP contribution in [-0.4, -0.2) is 33.7 Å². The van der Waals surface area contributed by atoms with E-state index < -0.39 is 36.1 Å². The molecule has 8 nitrogen and oxygen atoms in total. The monoisotopic (exact) mass is 582 g/mol. The molecule has 5 rings (SSSR count). The number of nitrogens with one attached hydrogen (secondary N) is 4. The number of hydrogen-bond acceptors (Lipinski definition) is 8. The van der Waals surface area contributed by atoms with Crippen molar-refractivity contribution < 1.29 is 22.0 Å². The zero-order valence-corrected chi connectivity index (χ0v) is 22.9. The Balaban J connectivity index is 1.62. The standard InChI is InChI=1S/C29H27F5N8/c1-5-16-13-36-24-17(12-35)10-18(11-21(24)23(16)37-14-28(3,4)29(32,33)34)39-25(20-8-9-22(30)38-15(20)2)26-27(31)42(41-40-26)19-6-7-19/h1,8-11,13,19,25,39-41H,6-7,14H2,2-4H3,(H,36,37)/t25-/m0/s1. The van der Waals surface area contributed by atoms with Gasteiger partial charge in [-0.2, -0.15) is 27.2 Å². The number of terminal acetylenes is 1. The number of rotatable bonds is 8. The van der Waals surface area contributed by atoms with Gasteiger partial charge in [-0.05, 0) is 51.8 Å². The normalized spacial score (nSPS) is 16.2. The van der Waals surface area contributed by atoms with Gasteiger partial charge in [0, 0.05) is 41.1 Å². The molecule has 0 saturated heterocycles. The number of nitriles is 1. The van der Waals surface area contributed by atoms with Gasteiger partial charge in [0.2, 0.25) is 11.9 Å². The maximum atomic E-state index is 15.6. The zero-order chi connectivity index (χ0) is 30.4. The lowest BCUT2D eigenvalue weighted by molar-refractivity contribution is -0.206. The molecule has 1 atom stereocenters. The third-order valence-corrected chi connectivity index (χ3v) is 7.38. The van der Waals surface area contributed by atoms with Gasteiger partial charge in [0.05, 0.1) is 33.8 Å². The van der Waals surface area contributed by atoms with Crippen LogP contribution < -0.4 is 21.6 Å². The number of aromatic nitrogens is 2. The molecule has 2 aromatic heterocycles. The van der Waals surface area contributed by atoms with Crippen molar-refractivity contribution >= 4 is 22.3 Å². The van der Waals surface area contributed by atoms with Gasteiger partial charge in [-0.1, -0.05) is 12.0 Å². The lowest BCUT2D eigenvalue weighted by Crippen LogP contribution is -2.39. The number of hydrogen-bond donors (Lipinski definition) is 4. The van der Waals surface area contributed by atoms with Crippen LogP contribution >= 0.6 is 0 Å². The van der Waals surface area contributed by atoms with E-state index in [0.29, 0.717) is 22.3 Å². The highest BCUT2D eigenvalue weighted by atomic mass is 19.4. The first-order chi connectivity index (χ1) is 19.8. The van der Waals surface area contributed by atoms with E-state index in [0.717, 1.165) is 32.8 Å². The summed E-state index contributed by atoms with van der Waals surface area (Å²) < 4.78 is 70.4. The molecule has 4 N–H and O–H groups in total. The fourth-order valence-corrected chi connectivity index (χ4v) is 4.63. The lowest BCUT2D eigenvalue weighted by atomic mass is 9.92. The minimum absolute atomic E-state index is 0.0169. The van der Waals surface area contributed by atoms with Crippen LogP contribution in [0.2, 0.25) is 0 Å². The molecule has 1 aliphatic carbocycles. The highest BCUT2D eigenvalue weighted by Crippen LogP contribution is 2.40. The van der Waals surface area contributed by atoms with E-state index in [9.17, 15) is 22.8 Å². The molecule has 1 aliphatic heterocycles. The number of halogens is 5. The van der Waals surface area contributed by atoms with Crippen LogP contribution in [0, 0.1) is 42.0 Å². The lowest BCUT2D eigenvalue weighted by Gasteiger charge is -2.29. The van der Waals surface area contributed by atoms with Gasteiger partial charge < -0.3 is 16.1 Å². The zero-order valence-electron chi connectivity index (χ0n) is 22.9. The van der Waals surface area contributed by atoms with Crippen LogP contribution in [0.3, 0.4) is 0 Å². The molecule has 0 unspecified atom stereocenters. The van der Waals surface area contributed by atoms with Crippen molar-refractivity contribution in [2.75, 3.05) is 17.2 Å². The van der Waals surface area contributed by atoms with Crippen LogP contribution in [-0.2, 0) is 0 Å². The van der Waals surface area contributed by atoms with Gasteiger partial charge in [0.1, 0.15) is 11.8 Å². The van der Waals surface area contributed by atoms with Crippen molar-refractivity contribution in [1.82, 2.24) is 25.9 Å². The number of anilines is 2. The predicted octanol–water partition coefficient (Wildman–Crippen LogP) is 5.71. The summed E-state index contributed by atoms with van der Waals surface area (Å²) in [5.41, 5.74) is 5.48. The van der Waals surface area contributed by atoms with Gasteiger partial charge in [-0.15, -0.1) is 12.0 Å². The van der Waals surface area contributed by atoms with E-state index >= 15 is 4.39 Å². The highest BCUT2D eigenvalue weighted by Gasteiger charge is 2.47. The van der Waals surface area contributed by atoms with Crippen molar-refractivity contribution in [2.45, 2.75) is 51.9 Å². The Morgan fingerprint density at radius 3 is 2.55 bits per heavy atom. The summed E-state index contributed by atoms with van der Waals surface area (Å²) in [7, 11) is 0. The van der Waals surface area contributed by atoms with E-state index in [1.807, 2.05) is 0 Å². The molecule has 1 fully saturated rings. The van der Waals surface area contributed by atoms with Crippen molar-refractivity contribution in [3.63, 3.8) is 0 Å². The largest absolute Gasteiger partial charge is 0.395 e. The molecule has 0 radical (unpaired) electrons. The number of fused-ring (bicyclic) bond motifs is 1. The first kappa shape index (κ1) is 28.9. The number of aryl methyl sites for hydroxylation is 1. The Morgan fingerprint density at radius 2 is 1.93 bits per heavy atom. The second kappa shape index (κ2) is 10.7. The van der Waals surface area contributed by atoms with Crippen LogP contribution in [0.15, 0.2) is 42.1 Å². The summed E-state index contributed by atoms with van der Waals surface area (Å²) in [4.78, 5) is 8.19. The SMILES string of the molecule is C#Cc1cnc2c(C#N)cc(N[C@H](C3=C(F)N(C4CC4)NN3)c3ccc(F)nc3C)cc2c1NCC(C)(C)C(F)(F)F. The molecular weight excluding hydrogens is 555 g/mol. The van der Waals surface area contributed by atoms with E-state index in [-0.39, 0.29) is 34.1 Å². The van der Waals surface area contributed by atoms with Crippen LogP contribution in [0.4, 0.5) is 33.3 Å². The van der Waals surface area contributed by atoms with Gasteiger partial charge in [-0.25, -0.2) is 4.98 Å². The second-order valence-corrected chi connectivity index (χ2v) is 10.9. The predicted molar refractivity (Wildman–Crippen MR) is 147 cm³/mol. The Kier molecular flexibility index (Phi) is 7.33. The smallest absolute Gasteiger partial charge is 0.383 e. The first-order valence-corrected chi connectivity index (χ1v) is 13.1. The Hall–Kier alpha value is -4.62. The molecule has 0 amide bonds. The number of pyridine rings is 2. The summed E-state index contributed by atoms with van der Waals surface area (Å²) in [5, 5.41) is 17.7. The summed E-state index contributed by atoms with van der Waals surface area (Å²) in [5.74, 6) is 1.17. The topological polar surface area (TPSA) is 101 Å². The fourth-order valence-electron chi connectivity index (χ4n) is 4.63. The summed E-state index contributed by atoms with van der Waals surface area (Å²) >= 11 is 0. The molecule has 1 saturated carbocycles. The van der Waals surface area contributed by atoms with Gasteiger partial charge in [0.25, 0.3) is 0 Å². The third kappa shape index (κ3) is 5.35. The maximum Gasteiger partial charge on any atom is 0.395 e. The third-order valence-electron chi connectivity index (χ3n) is 7.38. The van der Waals surface area contributed by atoms with Gasteiger partial charge in [-0.3, -0.25) is 9.99 Å². The first-order valence-electron chi connectivity index (χ1n) is 13.1. The average molecular weight is 583 g/mol. The van der Waals surface area contributed by atoms with Crippen LogP contribution in [0.5, 0.6) is 0 Å². The van der Waals surface area contributed by atoms with E-state index in [4.69, 9.17) is 6.42 Å². The maximum absolute atomic E-state index is 15.6. The molecule has 0 bridgehead atoms. The number of hydrazine groups is 2. The van der Waals surface area contributed by atoms with Gasteiger partial charge in [0.15, 0.2) is 0 Å². The summed E-state index contributed by atoms with van der Waals surface area (Å²) in [6, 6.07) is 6.83. The number of benzene rings is 1. The minimum atomic E-state index is -4.49. The molecule has 3 heterocycles. The molecule has 218 valence electrons. The summed E-state index contributed by atoms with van der Waals surface area (Å²) in [6.07, 6.45) is 4.11. The molecular formula is C29H27F5N8. The van der Waals surface area contributed by atoms with E-state index in [1.165, 1.54) is 23.3 Å². The molecule has 1 aromatic carbocycles. The molecule has 2 aliphatic rings. The van der Waals surface area contributed by atoms with Gasteiger partial charge >= 0.3 is 6.18 Å². The van der Waals surface area contributed by atoms with Crippen molar-refractivity contribution in [2.24, 2.45) is 5.41 Å². The Bertz CT molecular complexity index is 1660. The molecule has 3 aromatic rings.